The number of aromatic amines is 1. The Labute approximate surface area is 115 Å². The number of hydrogen-bond acceptors (Lipinski definition) is 3. The van der Waals surface area contributed by atoms with Crippen LogP contribution in [0, 0.1) is 0 Å². The van der Waals surface area contributed by atoms with Gasteiger partial charge in [0.2, 0.25) is 5.91 Å². The molecule has 2 aromatic rings. The Balaban J connectivity index is 2.17. The summed E-state index contributed by atoms with van der Waals surface area (Å²) < 4.78 is 5.16. The van der Waals surface area contributed by atoms with Crippen molar-refractivity contribution in [2.24, 2.45) is 0 Å². The summed E-state index contributed by atoms with van der Waals surface area (Å²) >= 11 is 0. The lowest BCUT2D eigenvalue weighted by Crippen LogP contribution is -2.39. The van der Waals surface area contributed by atoms with E-state index >= 15 is 0 Å². The van der Waals surface area contributed by atoms with Crippen molar-refractivity contribution >= 4 is 22.8 Å². The topological polar surface area (TPSA) is 91.4 Å². The Morgan fingerprint density at radius 1 is 1.45 bits per heavy atom. The first kappa shape index (κ1) is 13.9. The Hall–Kier alpha value is -2.50. The summed E-state index contributed by atoms with van der Waals surface area (Å²) in [4.78, 5) is 25.6. The quantitative estimate of drug-likeness (QED) is 0.767. The molecule has 0 spiro atoms. The molecule has 3 N–H and O–H groups in total. The molecule has 1 atom stereocenters. The highest BCUT2D eigenvalue weighted by atomic mass is 16.5. The predicted octanol–water partition coefficient (Wildman–Crippen LogP) is 1.31. The van der Waals surface area contributed by atoms with E-state index in [1.54, 1.807) is 13.3 Å². The van der Waals surface area contributed by atoms with Gasteiger partial charge in [0.05, 0.1) is 13.5 Å². The van der Waals surface area contributed by atoms with Gasteiger partial charge in [-0.1, -0.05) is 0 Å². The number of H-pyrrole nitrogens is 1. The molecule has 20 heavy (non-hydrogen) atoms. The molecule has 106 valence electrons. The van der Waals surface area contributed by atoms with Crippen molar-refractivity contribution in [3.63, 3.8) is 0 Å². The third-order valence-electron chi connectivity index (χ3n) is 3.07. The molecule has 2 rings (SSSR count). The lowest BCUT2D eigenvalue weighted by Gasteiger charge is -2.08. The largest absolute Gasteiger partial charge is 0.497 e. The highest BCUT2D eigenvalue weighted by Gasteiger charge is 2.15. The molecule has 1 aromatic heterocycles. The van der Waals surface area contributed by atoms with E-state index in [0.29, 0.717) is 5.75 Å². The average molecular weight is 276 g/mol. The van der Waals surface area contributed by atoms with Gasteiger partial charge in [-0.15, -0.1) is 0 Å². The maximum absolute atomic E-state index is 11.8. The molecule has 1 aromatic carbocycles. The van der Waals surface area contributed by atoms with Crippen molar-refractivity contribution < 1.29 is 19.4 Å². The SMILES string of the molecule is COc1ccc2[nH]cc(CC(=O)N[C@H](C)C(=O)O)c2c1. The van der Waals surface area contributed by atoms with E-state index in [2.05, 4.69) is 10.3 Å². The zero-order valence-electron chi connectivity index (χ0n) is 11.3. The summed E-state index contributed by atoms with van der Waals surface area (Å²) in [6.45, 7) is 1.43. The summed E-state index contributed by atoms with van der Waals surface area (Å²) in [5.41, 5.74) is 1.70. The second-order valence-electron chi connectivity index (χ2n) is 4.53. The van der Waals surface area contributed by atoms with E-state index in [-0.39, 0.29) is 12.3 Å². The van der Waals surface area contributed by atoms with Crippen LogP contribution in [0.2, 0.25) is 0 Å². The first-order valence-corrected chi connectivity index (χ1v) is 6.17. The fourth-order valence-corrected chi connectivity index (χ4v) is 1.96. The first-order chi connectivity index (χ1) is 9.51. The van der Waals surface area contributed by atoms with Crippen LogP contribution in [0.5, 0.6) is 5.75 Å². The minimum Gasteiger partial charge on any atom is -0.497 e. The summed E-state index contributed by atoms with van der Waals surface area (Å²) in [6, 6.07) is 4.64. The van der Waals surface area contributed by atoms with Crippen LogP contribution in [0.15, 0.2) is 24.4 Å². The second-order valence-corrected chi connectivity index (χ2v) is 4.53. The number of aliphatic carboxylic acids is 1. The number of aromatic nitrogens is 1. The van der Waals surface area contributed by atoms with Crippen LogP contribution >= 0.6 is 0 Å². The molecule has 1 heterocycles. The third kappa shape index (κ3) is 2.90. The number of methoxy groups -OCH3 is 1. The van der Waals surface area contributed by atoms with Gasteiger partial charge >= 0.3 is 5.97 Å². The normalized spacial score (nSPS) is 12.1. The lowest BCUT2D eigenvalue weighted by atomic mass is 10.1. The number of hydrogen-bond donors (Lipinski definition) is 3. The van der Waals surface area contributed by atoms with Crippen LogP contribution in [0.3, 0.4) is 0 Å². The average Bonchev–Trinajstić information content (AvgIpc) is 2.80. The minimum atomic E-state index is -1.06. The predicted molar refractivity (Wildman–Crippen MR) is 73.8 cm³/mol. The molecule has 0 aliphatic heterocycles. The van der Waals surface area contributed by atoms with E-state index in [0.717, 1.165) is 16.5 Å². The smallest absolute Gasteiger partial charge is 0.325 e. The minimum absolute atomic E-state index is 0.116. The van der Waals surface area contributed by atoms with E-state index in [9.17, 15) is 9.59 Å². The highest BCUT2D eigenvalue weighted by molar-refractivity contribution is 5.91. The summed E-state index contributed by atoms with van der Waals surface area (Å²) in [5.74, 6) is -0.680. The van der Waals surface area contributed by atoms with Crippen LogP contribution in [0.4, 0.5) is 0 Å². The molecule has 6 heteroatoms. The molecule has 0 bridgehead atoms. The van der Waals surface area contributed by atoms with E-state index in [4.69, 9.17) is 9.84 Å². The van der Waals surface area contributed by atoms with Crippen molar-refractivity contribution in [3.05, 3.63) is 30.0 Å². The number of amides is 1. The molecule has 6 nitrogen and oxygen atoms in total. The molecule has 0 radical (unpaired) electrons. The molecule has 0 saturated carbocycles. The van der Waals surface area contributed by atoms with Gasteiger partial charge in [-0.25, -0.2) is 0 Å². The molecule has 0 fully saturated rings. The number of carbonyl (C=O) groups excluding carboxylic acids is 1. The summed E-state index contributed by atoms with van der Waals surface area (Å²) in [5, 5.41) is 12.1. The Morgan fingerprint density at radius 2 is 2.20 bits per heavy atom. The Kier molecular flexibility index (Phi) is 3.93. The van der Waals surface area contributed by atoms with Crippen LogP contribution in [-0.2, 0) is 16.0 Å². The van der Waals surface area contributed by atoms with Gasteiger partial charge in [0.15, 0.2) is 0 Å². The van der Waals surface area contributed by atoms with Gasteiger partial charge in [0.25, 0.3) is 0 Å². The van der Waals surface area contributed by atoms with Crippen molar-refractivity contribution in [2.45, 2.75) is 19.4 Å². The van der Waals surface area contributed by atoms with Gasteiger partial charge in [0.1, 0.15) is 11.8 Å². The van der Waals surface area contributed by atoms with Crippen LogP contribution in [0.25, 0.3) is 10.9 Å². The number of benzene rings is 1. The Bertz CT molecular complexity index is 648. The van der Waals surface area contributed by atoms with Gasteiger partial charge in [-0.05, 0) is 30.7 Å². The molecule has 0 aliphatic carbocycles. The number of nitrogens with one attached hydrogen (secondary N) is 2. The maximum atomic E-state index is 11.8. The lowest BCUT2D eigenvalue weighted by molar-refractivity contribution is -0.141. The van der Waals surface area contributed by atoms with Crippen LogP contribution in [0.1, 0.15) is 12.5 Å². The molecule has 0 unspecified atom stereocenters. The summed E-state index contributed by atoms with van der Waals surface area (Å²) in [6.07, 6.45) is 1.86. The number of rotatable bonds is 5. The zero-order chi connectivity index (χ0) is 14.7. The van der Waals surface area contributed by atoms with Crippen molar-refractivity contribution in [3.8, 4) is 5.75 Å². The second kappa shape index (κ2) is 5.64. The molecular weight excluding hydrogens is 260 g/mol. The van der Waals surface area contributed by atoms with Crippen LogP contribution < -0.4 is 10.1 Å². The van der Waals surface area contributed by atoms with Gasteiger partial charge in [-0.3, -0.25) is 9.59 Å². The third-order valence-corrected chi connectivity index (χ3v) is 3.07. The van der Waals surface area contributed by atoms with E-state index in [1.807, 2.05) is 18.2 Å². The highest BCUT2D eigenvalue weighted by Crippen LogP contribution is 2.23. The first-order valence-electron chi connectivity index (χ1n) is 6.17. The fourth-order valence-electron chi connectivity index (χ4n) is 1.96. The Morgan fingerprint density at radius 3 is 2.85 bits per heavy atom. The molecule has 0 saturated heterocycles. The van der Waals surface area contributed by atoms with Crippen molar-refractivity contribution in [1.29, 1.82) is 0 Å². The van der Waals surface area contributed by atoms with Gasteiger partial charge in [0, 0.05) is 17.1 Å². The van der Waals surface area contributed by atoms with Crippen molar-refractivity contribution in [2.75, 3.05) is 7.11 Å². The maximum Gasteiger partial charge on any atom is 0.325 e. The zero-order valence-corrected chi connectivity index (χ0v) is 11.3. The molecular formula is C14H16N2O4. The van der Waals surface area contributed by atoms with Gasteiger partial charge in [-0.2, -0.15) is 0 Å². The number of carboxylic acid groups (broad SMARTS) is 1. The van der Waals surface area contributed by atoms with E-state index in [1.165, 1.54) is 6.92 Å². The standard InChI is InChI=1S/C14H16N2O4/c1-8(14(18)19)16-13(17)5-9-7-15-12-4-3-10(20-2)6-11(9)12/h3-4,6-8,15H,5H2,1-2H3,(H,16,17)(H,18,19)/t8-/m1/s1. The van der Waals surface area contributed by atoms with Crippen molar-refractivity contribution in [1.82, 2.24) is 10.3 Å². The monoisotopic (exact) mass is 276 g/mol. The number of fused-ring (bicyclic) bond motifs is 1. The number of carbonyl (C=O) groups is 2. The molecule has 0 aliphatic rings. The molecule has 1 amide bonds. The van der Waals surface area contributed by atoms with Crippen LogP contribution in [-0.4, -0.2) is 35.1 Å². The fraction of sp³-hybridized carbons (Fsp3) is 0.286. The van der Waals surface area contributed by atoms with Gasteiger partial charge < -0.3 is 20.1 Å². The number of ether oxygens (including phenoxy) is 1. The number of carboxylic acids is 1. The van der Waals surface area contributed by atoms with E-state index < -0.39 is 12.0 Å². The summed E-state index contributed by atoms with van der Waals surface area (Å²) in [7, 11) is 1.58.